The van der Waals surface area contributed by atoms with Crippen LogP contribution in [0.2, 0.25) is 0 Å². The smallest absolute Gasteiger partial charge is 0.258 e. The second-order valence-corrected chi connectivity index (χ2v) is 9.32. The monoisotopic (exact) mass is 439 g/mol. The number of allylic oxidation sites excluding steroid dienone is 4. The minimum atomic E-state index is -1.59. The number of nitrogens with one attached hydrogen (secondary N) is 1. The number of furan rings is 1. The van der Waals surface area contributed by atoms with E-state index in [0.29, 0.717) is 18.7 Å². The lowest BCUT2D eigenvalue weighted by atomic mass is 9.92. The first-order chi connectivity index (χ1) is 15.4. The summed E-state index contributed by atoms with van der Waals surface area (Å²) in [6.45, 7) is 1.95. The summed E-state index contributed by atoms with van der Waals surface area (Å²) in [5.41, 5.74) is -1.59. The highest BCUT2D eigenvalue weighted by Crippen LogP contribution is 2.35. The molecule has 1 saturated carbocycles. The van der Waals surface area contributed by atoms with E-state index in [4.69, 9.17) is 4.42 Å². The van der Waals surface area contributed by atoms with E-state index in [1.807, 2.05) is 12.2 Å². The van der Waals surface area contributed by atoms with Crippen LogP contribution in [0.5, 0.6) is 0 Å². The molecule has 2 fully saturated rings. The Hall–Kier alpha value is -2.83. The van der Waals surface area contributed by atoms with Gasteiger partial charge in [-0.15, -0.1) is 0 Å². The molecule has 3 atom stereocenters. The summed E-state index contributed by atoms with van der Waals surface area (Å²) in [6, 6.07) is 3.04. The summed E-state index contributed by atoms with van der Waals surface area (Å²) in [4.78, 5) is 43.9. The highest BCUT2D eigenvalue weighted by Gasteiger charge is 2.54. The molecule has 1 aromatic rings. The molecule has 7 heteroatoms. The predicted molar refractivity (Wildman–Crippen MR) is 120 cm³/mol. The van der Waals surface area contributed by atoms with Crippen molar-refractivity contribution in [2.45, 2.75) is 69.5 Å². The van der Waals surface area contributed by atoms with Crippen LogP contribution in [-0.2, 0) is 14.4 Å². The fourth-order valence-corrected chi connectivity index (χ4v) is 5.14. The standard InChI is InChI=1S/C25H33N3O4/c1-25(23(30)26-19-11-6-7-12-19)24(31)27(2)20(21-13-8-16-32-21)17-22(29)28(25)15-14-18-9-4-3-5-10-18/h3-5,8-9,13,16,18-20H,6-7,10-12,14-15,17H2,1-2H3,(H,26,30). The van der Waals surface area contributed by atoms with Gasteiger partial charge < -0.3 is 19.5 Å². The Morgan fingerprint density at radius 1 is 1.25 bits per heavy atom. The number of carbonyl (C=O) groups excluding carboxylic acids is 3. The normalized spacial score (nSPS) is 28.9. The summed E-state index contributed by atoms with van der Waals surface area (Å²) in [5.74, 6) is -0.126. The van der Waals surface area contributed by atoms with Crippen molar-refractivity contribution in [1.82, 2.24) is 15.1 Å². The van der Waals surface area contributed by atoms with E-state index in [9.17, 15) is 14.4 Å². The van der Waals surface area contributed by atoms with Crippen LogP contribution >= 0.6 is 0 Å². The molecule has 1 saturated heterocycles. The third-order valence-electron chi connectivity index (χ3n) is 7.21. The second kappa shape index (κ2) is 9.35. The van der Waals surface area contributed by atoms with E-state index in [1.165, 1.54) is 16.1 Å². The van der Waals surface area contributed by atoms with Gasteiger partial charge in [-0.1, -0.05) is 37.1 Å². The lowest BCUT2D eigenvalue weighted by Gasteiger charge is -2.39. The Kier molecular flexibility index (Phi) is 6.53. The van der Waals surface area contributed by atoms with Crippen LogP contribution in [0.25, 0.3) is 0 Å². The molecule has 0 aromatic carbocycles. The summed E-state index contributed by atoms with van der Waals surface area (Å²) < 4.78 is 5.54. The van der Waals surface area contributed by atoms with Crippen LogP contribution in [0.3, 0.4) is 0 Å². The summed E-state index contributed by atoms with van der Waals surface area (Å²) in [7, 11) is 1.65. The number of likely N-dealkylation sites (N-methyl/N-ethyl adjacent to an activating group) is 1. The number of hydrogen-bond acceptors (Lipinski definition) is 4. The maximum Gasteiger partial charge on any atom is 0.258 e. The molecule has 7 nitrogen and oxygen atoms in total. The maximum atomic E-state index is 13.8. The van der Waals surface area contributed by atoms with Gasteiger partial charge in [-0.25, -0.2) is 0 Å². The van der Waals surface area contributed by atoms with Crippen molar-refractivity contribution in [2.24, 2.45) is 5.92 Å². The van der Waals surface area contributed by atoms with E-state index >= 15 is 0 Å². The van der Waals surface area contributed by atoms with Crippen LogP contribution in [0.15, 0.2) is 47.1 Å². The first-order valence-corrected chi connectivity index (χ1v) is 11.7. The molecule has 2 heterocycles. The molecular weight excluding hydrogens is 406 g/mol. The number of hydrogen-bond donors (Lipinski definition) is 1. The summed E-state index contributed by atoms with van der Waals surface area (Å²) >= 11 is 0. The van der Waals surface area contributed by atoms with E-state index in [-0.39, 0.29) is 36.1 Å². The lowest BCUT2D eigenvalue weighted by Crippen LogP contribution is -2.66. The molecule has 32 heavy (non-hydrogen) atoms. The molecular formula is C25H33N3O4. The van der Waals surface area contributed by atoms with Gasteiger partial charge in [-0.05, 0) is 50.7 Å². The zero-order chi connectivity index (χ0) is 22.7. The molecule has 1 aromatic heterocycles. The Morgan fingerprint density at radius 2 is 2.03 bits per heavy atom. The largest absolute Gasteiger partial charge is 0.467 e. The lowest BCUT2D eigenvalue weighted by molar-refractivity contribution is -0.157. The van der Waals surface area contributed by atoms with Crippen molar-refractivity contribution in [1.29, 1.82) is 0 Å². The summed E-state index contributed by atoms with van der Waals surface area (Å²) in [6.07, 6.45) is 15.4. The van der Waals surface area contributed by atoms with Gasteiger partial charge in [0.15, 0.2) is 5.54 Å². The molecule has 1 N–H and O–H groups in total. The zero-order valence-corrected chi connectivity index (χ0v) is 19.0. The van der Waals surface area contributed by atoms with Crippen molar-refractivity contribution < 1.29 is 18.8 Å². The van der Waals surface area contributed by atoms with Crippen molar-refractivity contribution in [3.8, 4) is 0 Å². The van der Waals surface area contributed by atoms with Crippen molar-refractivity contribution in [3.05, 3.63) is 48.5 Å². The van der Waals surface area contributed by atoms with Crippen LogP contribution in [0.1, 0.15) is 63.7 Å². The Labute approximate surface area is 189 Å². The average molecular weight is 440 g/mol. The van der Waals surface area contributed by atoms with Gasteiger partial charge in [0.1, 0.15) is 5.76 Å². The van der Waals surface area contributed by atoms with Crippen LogP contribution in [0, 0.1) is 5.92 Å². The van der Waals surface area contributed by atoms with Crippen LogP contribution < -0.4 is 5.32 Å². The van der Waals surface area contributed by atoms with E-state index < -0.39 is 11.6 Å². The number of amides is 3. The third-order valence-corrected chi connectivity index (χ3v) is 7.21. The second-order valence-electron chi connectivity index (χ2n) is 9.32. The quantitative estimate of drug-likeness (QED) is 0.689. The Morgan fingerprint density at radius 3 is 2.69 bits per heavy atom. The maximum absolute atomic E-state index is 13.8. The first-order valence-electron chi connectivity index (χ1n) is 11.7. The molecule has 0 bridgehead atoms. The van der Waals surface area contributed by atoms with Crippen molar-refractivity contribution in [3.63, 3.8) is 0 Å². The van der Waals surface area contributed by atoms with E-state index in [1.54, 1.807) is 26.1 Å². The first kappa shape index (κ1) is 22.4. The number of rotatable bonds is 6. The average Bonchev–Trinajstić information content (AvgIpc) is 3.50. The molecule has 1 aliphatic heterocycles. The van der Waals surface area contributed by atoms with Gasteiger partial charge in [0.25, 0.3) is 11.8 Å². The van der Waals surface area contributed by atoms with Crippen LogP contribution in [-0.4, -0.2) is 52.7 Å². The molecule has 3 unspecified atom stereocenters. The summed E-state index contributed by atoms with van der Waals surface area (Å²) in [5, 5.41) is 3.08. The molecule has 172 valence electrons. The van der Waals surface area contributed by atoms with Crippen molar-refractivity contribution in [2.75, 3.05) is 13.6 Å². The molecule has 2 aliphatic carbocycles. The van der Waals surface area contributed by atoms with Crippen LogP contribution in [0.4, 0.5) is 0 Å². The Balaban J connectivity index is 1.64. The fourth-order valence-electron chi connectivity index (χ4n) is 5.14. The molecule has 3 amide bonds. The predicted octanol–water partition coefficient (Wildman–Crippen LogP) is 3.35. The highest BCUT2D eigenvalue weighted by atomic mass is 16.3. The Bertz CT molecular complexity index is 900. The zero-order valence-electron chi connectivity index (χ0n) is 19.0. The number of nitrogens with zero attached hydrogens (tertiary/aromatic N) is 2. The molecule has 0 spiro atoms. The number of carbonyl (C=O) groups is 3. The third kappa shape index (κ3) is 4.25. The van der Waals surface area contributed by atoms with Gasteiger partial charge in [-0.2, -0.15) is 0 Å². The molecule has 4 rings (SSSR count). The molecule has 3 aliphatic rings. The fraction of sp³-hybridized carbons (Fsp3) is 0.560. The van der Waals surface area contributed by atoms with Gasteiger partial charge >= 0.3 is 0 Å². The van der Waals surface area contributed by atoms with E-state index in [0.717, 1.165) is 32.1 Å². The molecule has 0 radical (unpaired) electrons. The minimum absolute atomic E-state index is 0.0601. The van der Waals surface area contributed by atoms with E-state index in [2.05, 4.69) is 17.5 Å². The van der Waals surface area contributed by atoms with Crippen molar-refractivity contribution >= 4 is 17.7 Å². The van der Waals surface area contributed by atoms with Gasteiger partial charge in [0.2, 0.25) is 5.91 Å². The minimum Gasteiger partial charge on any atom is -0.467 e. The SMILES string of the molecule is CN1C(=O)C(C)(C(=O)NC2CCCC2)N(CCC2C=CC=CC2)C(=O)CC1c1ccco1. The highest BCUT2D eigenvalue weighted by molar-refractivity contribution is 6.12. The van der Waals surface area contributed by atoms with Gasteiger partial charge in [0.05, 0.1) is 18.7 Å². The van der Waals surface area contributed by atoms with Gasteiger partial charge in [0, 0.05) is 19.6 Å². The van der Waals surface area contributed by atoms with Gasteiger partial charge in [-0.3, -0.25) is 14.4 Å². The topological polar surface area (TPSA) is 82.9 Å².